The van der Waals surface area contributed by atoms with Crippen molar-refractivity contribution in [2.24, 2.45) is 0 Å². The normalized spacial score (nSPS) is 10.5. The number of carbonyl (C=O) groups is 2. The fraction of sp³-hybridized carbons (Fsp3) is 0.280. The molecule has 184 valence electrons. The number of anilines is 2. The zero-order valence-corrected chi connectivity index (χ0v) is 20.7. The van der Waals surface area contributed by atoms with Gasteiger partial charge in [0.25, 0.3) is 5.91 Å². The first-order valence-corrected chi connectivity index (χ1v) is 11.6. The zero-order chi connectivity index (χ0) is 25.4. The molecular weight excluding hydrogens is 468 g/mol. The number of nitrogens with one attached hydrogen (secondary N) is 4. The van der Waals surface area contributed by atoms with Gasteiger partial charge in [-0.25, -0.2) is 9.97 Å². The molecule has 10 heteroatoms. The van der Waals surface area contributed by atoms with Crippen molar-refractivity contribution < 1.29 is 14.7 Å². The third-order valence-electron chi connectivity index (χ3n) is 5.14. The summed E-state index contributed by atoms with van der Waals surface area (Å²) in [5.41, 5.74) is 2.70. The highest BCUT2D eigenvalue weighted by atomic mass is 35.5. The lowest BCUT2D eigenvalue weighted by Gasteiger charge is -2.16. The van der Waals surface area contributed by atoms with E-state index in [4.69, 9.17) is 11.6 Å². The van der Waals surface area contributed by atoms with Crippen molar-refractivity contribution in [2.45, 2.75) is 20.8 Å². The first-order chi connectivity index (χ1) is 16.7. The van der Waals surface area contributed by atoms with E-state index < -0.39 is 0 Å². The number of rotatable bonds is 10. The minimum atomic E-state index is -0.356. The van der Waals surface area contributed by atoms with Crippen molar-refractivity contribution in [3.8, 4) is 17.1 Å². The van der Waals surface area contributed by atoms with Crippen LogP contribution in [0.25, 0.3) is 11.4 Å². The summed E-state index contributed by atoms with van der Waals surface area (Å²) in [6.45, 7) is 6.87. The summed E-state index contributed by atoms with van der Waals surface area (Å²) in [5, 5.41) is 22.6. The van der Waals surface area contributed by atoms with E-state index in [0.717, 1.165) is 16.7 Å². The molecule has 0 saturated heterocycles. The Bertz CT molecular complexity index is 1200. The van der Waals surface area contributed by atoms with Gasteiger partial charge in [-0.15, -0.1) is 0 Å². The van der Waals surface area contributed by atoms with Crippen LogP contribution >= 0.6 is 11.6 Å². The first kappa shape index (κ1) is 25.8. The number of hydrogen-bond acceptors (Lipinski definition) is 7. The number of benzene rings is 2. The van der Waals surface area contributed by atoms with Crippen LogP contribution < -0.4 is 21.3 Å². The van der Waals surface area contributed by atoms with E-state index in [1.807, 2.05) is 26.0 Å². The monoisotopic (exact) mass is 496 g/mol. The standard InChI is InChI=1S/C25H29ClN6O3/c1-15-4-9-20(21(34)14-15)25(35)30-13-12-29-23-16(2)22(28-11-10-27-17(3)33)31-24(32-23)18-5-7-19(26)8-6-18/h4-9,14,34H,10-13H2,1-3H3,(H,27,33)(H,30,35)(H2,28,29,31,32). The maximum absolute atomic E-state index is 12.4. The van der Waals surface area contributed by atoms with Gasteiger partial charge in [-0.3, -0.25) is 9.59 Å². The Kier molecular flexibility index (Phi) is 8.86. The number of phenolic OH excluding ortho intramolecular Hbond substituents is 1. The van der Waals surface area contributed by atoms with Crippen LogP contribution in [0.2, 0.25) is 5.02 Å². The van der Waals surface area contributed by atoms with E-state index in [1.54, 1.807) is 30.3 Å². The SMILES string of the molecule is CC(=O)NCCNc1nc(-c2ccc(Cl)cc2)nc(NCCNC(=O)c2ccc(C)cc2O)c1C. The summed E-state index contributed by atoms with van der Waals surface area (Å²) in [6.07, 6.45) is 0. The van der Waals surface area contributed by atoms with Gasteiger partial charge in [0.05, 0.1) is 5.56 Å². The molecule has 3 aromatic rings. The maximum atomic E-state index is 12.4. The highest BCUT2D eigenvalue weighted by Gasteiger charge is 2.14. The number of phenols is 1. The average Bonchev–Trinajstić information content (AvgIpc) is 2.81. The van der Waals surface area contributed by atoms with Crippen molar-refractivity contribution in [3.05, 3.63) is 64.2 Å². The third-order valence-corrected chi connectivity index (χ3v) is 5.39. The molecule has 0 fully saturated rings. The summed E-state index contributed by atoms with van der Waals surface area (Å²) in [6, 6.07) is 12.1. The van der Waals surface area contributed by atoms with Crippen LogP contribution in [-0.4, -0.2) is 53.1 Å². The molecule has 0 radical (unpaired) electrons. The molecule has 1 aromatic heterocycles. The van der Waals surface area contributed by atoms with Crippen LogP contribution in [0, 0.1) is 13.8 Å². The van der Waals surface area contributed by atoms with Gasteiger partial charge in [-0.2, -0.15) is 0 Å². The highest BCUT2D eigenvalue weighted by molar-refractivity contribution is 6.30. The number of amides is 2. The summed E-state index contributed by atoms with van der Waals surface area (Å²) in [4.78, 5) is 32.8. The molecule has 0 aliphatic carbocycles. The summed E-state index contributed by atoms with van der Waals surface area (Å²) < 4.78 is 0. The van der Waals surface area contributed by atoms with Crippen LogP contribution in [-0.2, 0) is 4.79 Å². The van der Waals surface area contributed by atoms with E-state index in [9.17, 15) is 14.7 Å². The maximum Gasteiger partial charge on any atom is 0.255 e. The van der Waals surface area contributed by atoms with Crippen molar-refractivity contribution in [1.82, 2.24) is 20.6 Å². The second-order valence-corrected chi connectivity index (χ2v) is 8.43. The fourth-order valence-corrected chi connectivity index (χ4v) is 3.42. The summed E-state index contributed by atoms with van der Waals surface area (Å²) >= 11 is 6.02. The fourth-order valence-electron chi connectivity index (χ4n) is 3.29. The van der Waals surface area contributed by atoms with E-state index >= 15 is 0 Å². The van der Waals surface area contributed by atoms with Gasteiger partial charge in [-0.05, 0) is 55.8 Å². The second kappa shape index (κ2) is 12.0. The summed E-state index contributed by atoms with van der Waals surface area (Å²) in [7, 11) is 0. The van der Waals surface area contributed by atoms with Gasteiger partial charge in [0, 0.05) is 49.3 Å². The minimum absolute atomic E-state index is 0.0512. The van der Waals surface area contributed by atoms with Gasteiger partial charge < -0.3 is 26.4 Å². The molecule has 0 saturated carbocycles. The first-order valence-electron chi connectivity index (χ1n) is 11.2. The topological polar surface area (TPSA) is 128 Å². The summed E-state index contributed by atoms with van der Waals surface area (Å²) in [5.74, 6) is 1.24. The molecule has 2 amide bonds. The second-order valence-electron chi connectivity index (χ2n) is 7.99. The molecule has 3 rings (SSSR count). The molecule has 2 aromatic carbocycles. The van der Waals surface area contributed by atoms with E-state index in [-0.39, 0.29) is 23.1 Å². The number of aryl methyl sites for hydroxylation is 1. The molecule has 0 aliphatic rings. The minimum Gasteiger partial charge on any atom is -0.507 e. The van der Waals surface area contributed by atoms with Crippen molar-refractivity contribution in [1.29, 1.82) is 0 Å². The quantitative estimate of drug-likeness (QED) is 0.272. The smallest absolute Gasteiger partial charge is 0.255 e. The van der Waals surface area contributed by atoms with Crippen LogP contribution in [0.5, 0.6) is 5.75 Å². The number of carbonyl (C=O) groups excluding carboxylic acids is 2. The predicted molar refractivity (Wildman–Crippen MR) is 138 cm³/mol. The van der Waals surface area contributed by atoms with Crippen LogP contribution in [0.15, 0.2) is 42.5 Å². The number of aromatic nitrogens is 2. The van der Waals surface area contributed by atoms with Gasteiger partial charge in [0.2, 0.25) is 5.91 Å². The van der Waals surface area contributed by atoms with Crippen molar-refractivity contribution in [2.75, 3.05) is 36.8 Å². The molecule has 0 spiro atoms. The zero-order valence-electron chi connectivity index (χ0n) is 19.9. The lowest BCUT2D eigenvalue weighted by molar-refractivity contribution is -0.118. The predicted octanol–water partition coefficient (Wildman–Crippen LogP) is 3.51. The Balaban J connectivity index is 1.70. The molecule has 35 heavy (non-hydrogen) atoms. The molecule has 0 aliphatic heterocycles. The average molecular weight is 497 g/mol. The molecular formula is C25H29ClN6O3. The van der Waals surface area contributed by atoms with Crippen LogP contribution in [0.4, 0.5) is 11.6 Å². The largest absolute Gasteiger partial charge is 0.507 e. The Labute approximate surface area is 209 Å². The van der Waals surface area contributed by atoms with Crippen LogP contribution in [0.1, 0.15) is 28.4 Å². The lowest BCUT2D eigenvalue weighted by Crippen LogP contribution is -2.29. The molecule has 1 heterocycles. The van der Waals surface area contributed by atoms with Crippen molar-refractivity contribution >= 4 is 35.1 Å². The highest BCUT2D eigenvalue weighted by Crippen LogP contribution is 2.26. The van der Waals surface area contributed by atoms with E-state index in [2.05, 4.69) is 31.2 Å². The van der Waals surface area contributed by atoms with Gasteiger partial charge >= 0.3 is 0 Å². The van der Waals surface area contributed by atoms with Crippen LogP contribution in [0.3, 0.4) is 0 Å². The Hall–Kier alpha value is -3.85. The number of hydrogen-bond donors (Lipinski definition) is 5. The van der Waals surface area contributed by atoms with Gasteiger partial charge in [0.15, 0.2) is 5.82 Å². The van der Waals surface area contributed by atoms with E-state index in [1.165, 1.54) is 6.92 Å². The Morgan fingerprint density at radius 3 is 2.06 bits per heavy atom. The molecule has 5 N–H and O–H groups in total. The molecule has 9 nitrogen and oxygen atoms in total. The van der Waals surface area contributed by atoms with Gasteiger partial charge in [0.1, 0.15) is 17.4 Å². The van der Waals surface area contributed by atoms with Crippen molar-refractivity contribution in [3.63, 3.8) is 0 Å². The third kappa shape index (κ3) is 7.31. The van der Waals surface area contributed by atoms with E-state index in [0.29, 0.717) is 48.7 Å². The van der Waals surface area contributed by atoms with Gasteiger partial charge in [-0.1, -0.05) is 17.7 Å². The lowest BCUT2D eigenvalue weighted by atomic mass is 10.1. The number of aromatic hydroxyl groups is 1. The molecule has 0 unspecified atom stereocenters. The number of halogens is 1. The Morgan fingerprint density at radius 2 is 1.49 bits per heavy atom. The molecule has 0 atom stereocenters. The Morgan fingerprint density at radius 1 is 0.886 bits per heavy atom. The molecule has 0 bridgehead atoms. The number of nitrogens with zero attached hydrogens (tertiary/aromatic N) is 2.